The number of aromatic nitrogens is 2. The molecule has 9 heteroatoms. The molecule has 1 amide bonds. The lowest BCUT2D eigenvalue weighted by molar-refractivity contribution is -0.118. The van der Waals surface area contributed by atoms with E-state index in [2.05, 4.69) is 15.3 Å². The summed E-state index contributed by atoms with van der Waals surface area (Å²) in [5, 5.41) is 3.59. The molecule has 1 aromatic carbocycles. The van der Waals surface area contributed by atoms with E-state index in [1.165, 1.54) is 35.2 Å². The van der Waals surface area contributed by atoms with Gasteiger partial charge >= 0.3 is 0 Å². The second kappa shape index (κ2) is 8.64. The number of benzene rings is 1. The molecule has 0 spiro atoms. The molecule has 0 atom stereocenters. The van der Waals surface area contributed by atoms with E-state index in [1.807, 2.05) is 6.92 Å². The van der Waals surface area contributed by atoms with Gasteiger partial charge in [0.05, 0.1) is 17.7 Å². The third kappa shape index (κ3) is 4.55. The number of hydrogen-bond donors (Lipinski definition) is 2. The highest BCUT2D eigenvalue weighted by Gasteiger charge is 2.17. The fraction of sp³-hybridized carbons (Fsp3) is 0.278. The standard InChI is InChI=1S/C18H18FN3O3S2/c1-10-14(11-3-5-12(19)6-4-11)15-16(24)21-18(22-17(15)27-10)26-9-13(23)20-7-8-25-2/h3-6H,7-9H2,1-2H3,(H,20,23)(H,21,22,24). The van der Waals surface area contributed by atoms with Gasteiger partial charge in [0.15, 0.2) is 5.16 Å². The molecule has 0 unspecified atom stereocenters. The molecule has 6 nitrogen and oxygen atoms in total. The second-order valence-electron chi connectivity index (χ2n) is 5.72. The number of aryl methyl sites for hydroxylation is 1. The number of nitrogens with one attached hydrogen (secondary N) is 2. The molecule has 3 rings (SSSR count). The summed E-state index contributed by atoms with van der Waals surface area (Å²) in [5.41, 5.74) is 1.26. The summed E-state index contributed by atoms with van der Waals surface area (Å²) in [6.07, 6.45) is 0. The number of thiophene rings is 1. The summed E-state index contributed by atoms with van der Waals surface area (Å²) in [7, 11) is 1.56. The largest absolute Gasteiger partial charge is 0.383 e. The van der Waals surface area contributed by atoms with Crippen molar-refractivity contribution in [2.75, 3.05) is 26.0 Å². The molecule has 0 aliphatic carbocycles. The molecule has 2 N–H and O–H groups in total. The van der Waals surface area contributed by atoms with Gasteiger partial charge in [-0.1, -0.05) is 23.9 Å². The quantitative estimate of drug-likeness (QED) is 0.357. The van der Waals surface area contributed by atoms with Gasteiger partial charge < -0.3 is 15.0 Å². The van der Waals surface area contributed by atoms with Gasteiger partial charge in [-0.15, -0.1) is 11.3 Å². The highest BCUT2D eigenvalue weighted by Crippen LogP contribution is 2.36. The lowest BCUT2D eigenvalue weighted by atomic mass is 10.0. The van der Waals surface area contributed by atoms with Gasteiger partial charge in [-0.05, 0) is 24.6 Å². The summed E-state index contributed by atoms with van der Waals surface area (Å²) in [6, 6.07) is 6.03. The average Bonchev–Trinajstić information content (AvgIpc) is 2.97. The van der Waals surface area contributed by atoms with E-state index in [9.17, 15) is 14.0 Å². The number of aromatic amines is 1. The van der Waals surface area contributed by atoms with Crippen LogP contribution in [-0.2, 0) is 9.53 Å². The van der Waals surface area contributed by atoms with Crippen LogP contribution >= 0.6 is 23.1 Å². The normalized spacial score (nSPS) is 11.1. The fourth-order valence-corrected chi connectivity index (χ4v) is 4.40. The molecule has 0 aliphatic rings. The van der Waals surface area contributed by atoms with Crippen LogP contribution in [0.3, 0.4) is 0 Å². The zero-order valence-electron chi connectivity index (χ0n) is 14.8. The topological polar surface area (TPSA) is 84.1 Å². The van der Waals surface area contributed by atoms with E-state index in [0.717, 1.165) is 16.0 Å². The predicted octanol–water partition coefficient (Wildman–Crippen LogP) is 2.95. The molecule has 3 aromatic rings. The molecule has 0 saturated heterocycles. The molecule has 0 bridgehead atoms. The minimum Gasteiger partial charge on any atom is -0.383 e. The number of rotatable bonds is 7. The van der Waals surface area contributed by atoms with Crippen molar-refractivity contribution >= 4 is 39.2 Å². The highest BCUT2D eigenvalue weighted by molar-refractivity contribution is 7.99. The number of methoxy groups -OCH3 is 1. The first-order valence-corrected chi connectivity index (χ1v) is 9.97. The maximum Gasteiger partial charge on any atom is 0.260 e. The number of ether oxygens (including phenoxy) is 1. The molecule has 27 heavy (non-hydrogen) atoms. The van der Waals surface area contributed by atoms with Gasteiger partial charge in [0.2, 0.25) is 5.91 Å². The van der Waals surface area contributed by atoms with E-state index in [-0.39, 0.29) is 23.0 Å². The molecule has 2 heterocycles. The maximum absolute atomic E-state index is 13.2. The molecule has 0 radical (unpaired) electrons. The SMILES string of the molecule is COCCNC(=O)CSc1nc2sc(C)c(-c3ccc(F)cc3)c2c(=O)[nH]1. The zero-order valence-corrected chi connectivity index (χ0v) is 16.4. The first-order valence-electron chi connectivity index (χ1n) is 8.17. The first kappa shape index (κ1) is 19.5. The van der Waals surface area contributed by atoms with Crippen LogP contribution in [0.1, 0.15) is 4.88 Å². The molecule has 0 aliphatic heterocycles. The summed E-state index contributed by atoms with van der Waals surface area (Å²) < 4.78 is 18.1. The Hall–Kier alpha value is -2.23. The Bertz CT molecular complexity index is 1020. The Labute approximate surface area is 163 Å². The number of H-pyrrole nitrogens is 1. The van der Waals surface area contributed by atoms with Gasteiger partial charge in [0.25, 0.3) is 5.56 Å². The minimum absolute atomic E-state index is 0.146. The first-order chi connectivity index (χ1) is 13.0. The number of carbonyl (C=O) groups excluding carboxylic acids is 1. The van der Waals surface area contributed by atoms with Crippen molar-refractivity contribution in [2.24, 2.45) is 0 Å². The molecule has 0 fully saturated rings. The van der Waals surface area contributed by atoms with Crippen molar-refractivity contribution < 1.29 is 13.9 Å². The molecule has 2 aromatic heterocycles. The smallest absolute Gasteiger partial charge is 0.260 e. The highest BCUT2D eigenvalue weighted by atomic mass is 32.2. The Kier molecular flexibility index (Phi) is 6.25. The van der Waals surface area contributed by atoms with E-state index < -0.39 is 0 Å². The lowest BCUT2D eigenvalue weighted by Crippen LogP contribution is -2.28. The number of halogens is 1. The third-order valence-corrected chi connectivity index (χ3v) is 5.69. The van der Waals surface area contributed by atoms with Crippen LogP contribution < -0.4 is 10.9 Å². The van der Waals surface area contributed by atoms with E-state index in [0.29, 0.717) is 28.5 Å². The van der Waals surface area contributed by atoms with Crippen LogP contribution in [0.15, 0.2) is 34.2 Å². The van der Waals surface area contributed by atoms with Crippen molar-refractivity contribution in [3.63, 3.8) is 0 Å². The minimum atomic E-state index is -0.328. The summed E-state index contributed by atoms with van der Waals surface area (Å²) >= 11 is 2.57. The van der Waals surface area contributed by atoms with E-state index in [1.54, 1.807) is 19.2 Å². The fourth-order valence-electron chi connectivity index (χ4n) is 2.61. The Morgan fingerprint density at radius 3 is 2.81 bits per heavy atom. The van der Waals surface area contributed by atoms with Gasteiger partial charge in [0.1, 0.15) is 10.6 Å². The van der Waals surface area contributed by atoms with Crippen molar-refractivity contribution in [2.45, 2.75) is 12.1 Å². The van der Waals surface area contributed by atoms with Gasteiger partial charge in [-0.3, -0.25) is 9.59 Å². The molecular formula is C18H18FN3O3S2. The second-order valence-corrected chi connectivity index (χ2v) is 7.89. The van der Waals surface area contributed by atoms with Gasteiger partial charge in [-0.2, -0.15) is 0 Å². The third-order valence-electron chi connectivity index (χ3n) is 3.82. The summed E-state index contributed by atoms with van der Waals surface area (Å²) in [6.45, 7) is 2.78. The Balaban J connectivity index is 1.85. The monoisotopic (exact) mass is 407 g/mol. The van der Waals surface area contributed by atoms with Crippen LogP contribution in [-0.4, -0.2) is 41.9 Å². The number of nitrogens with zero attached hydrogens (tertiary/aromatic N) is 1. The van der Waals surface area contributed by atoms with Crippen LogP contribution in [0, 0.1) is 12.7 Å². The number of carbonyl (C=O) groups is 1. The van der Waals surface area contributed by atoms with Crippen molar-refractivity contribution in [3.8, 4) is 11.1 Å². The molecular weight excluding hydrogens is 389 g/mol. The number of thioether (sulfide) groups is 1. The summed E-state index contributed by atoms with van der Waals surface area (Å²) in [5.74, 6) is -0.340. The number of hydrogen-bond acceptors (Lipinski definition) is 6. The Morgan fingerprint density at radius 1 is 1.37 bits per heavy atom. The van der Waals surface area contributed by atoms with E-state index >= 15 is 0 Å². The van der Waals surface area contributed by atoms with Crippen LogP contribution in [0.4, 0.5) is 4.39 Å². The number of fused-ring (bicyclic) bond motifs is 1. The van der Waals surface area contributed by atoms with Crippen molar-refractivity contribution in [3.05, 3.63) is 45.3 Å². The van der Waals surface area contributed by atoms with Gasteiger partial charge in [-0.25, -0.2) is 9.37 Å². The number of amides is 1. The molecule has 142 valence electrons. The van der Waals surface area contributed by atoms with Crippen LogP contribution in [0.25, 0.3) is 21.3 Å². The van der Waals surface area contributed by atoms with Crippen molar-refractivity contribution in [1.82, 2.24) is 15.3 Å². The maximum atomic E-state index is 13.2. The summed E-state index contributed by atoms with van der Waals surface area (Å²) in [4.78, 5) is 33.1. The van der Waals surface area contributed by atoms with Crippen molar-refractivity contribution in [1.29, 1.82) is 0 Å². The van der Waals surface area contributed by atoms with Crippen LogP contribution in [0.2, 0.25) is 0 Å². The molecule has 0 saturated carbocycles. The van der Waals surface area contributed by atoms with E-state index in [4.69, 9.17) is 4.74 Å². The predicted molar refractivity (Wildman–Crippen MR) is 106 cm³/mol. The average molecular weight is 407 g/mol. The van der Waals surface area contributed by atoms with Crippen LogP contribution in [0.5, 0.6) is 0 Å². The Morgan fingerprint density at radius 2 is 2.11 bits per heavy atom. The zero-order chi connectivity index (χ0) is 19.4. The lowest BCUT2D eigenvalue weighted by Gasteiger charge is -2.04. The van der Waals surface area contributed by atoms with Gasteiger partial charge in [0, 0.05) is 24.1 Å².